The molecule has 1 aliphatic rings. The van der Waals surface area contributed by atoms with E-state index in [9.17, 15) is 14.7 Å². The second-order valence-electron chi connectivity index (χ2n) is 10.5. The van der Waals surface area contributed by atoms with Gasteiger partial charge in [0.25, 0.3) is 0 Å². The number of rotatable bonds is 7. The summed E-state index contributed by atoms with van der Waals surface area (Å²) in [4.78, 5) is 29.4. The first-order valence-corrected chi connectivity index (χ1v) is 11.5. The molecule has 34 heavy (non-hydrogen) atoms. The molecule has 0 saturated carbocycles. The largest absolute Gasteiger partial charge is 0.491 e. The number of fused-ring (bicyclic) bond motifs is 3. The number of carbonyl (C=O) groups excluding carboxylic acids is 1. The van der Waals surface area contributed by atoms with Crippen molar-refractivity contribution in [1.29, 1.82) is 0 Å². The van der Waals surface area contributed by atoms with Gasteiger partial charge in [0.2, 0.25) is 5.91 Å². The Bertz CT molecular complexity index is 1080. The predicted octanol–water partition coefficient (Wildman–Crippen LogP) is 5.56. The van der Waals surface area contributed by atoms with Crippen LogP contribution in [0, 0.1) is 5.92 Å². The molecule has 0 bridgehead atoms. The summed E-state index contributed by atoms with van der Waals surface area (Å²) in [5, 5.41) is 12.7. The number of benzene rings is 1. The van der Waals surface area contributed by atoms with E-state index < -0.39 is 17.2 Å². The minimum absolute atomic E-state index is 0.182. The third kappa shape index (κ3) is 5.61. The minimum atomic E-state index is -0.965. The molecule has 1 aromatic carbocycles. The third-order valence-corrected chi connectivity index (χ3v) is 5.72. The van der Waals surface area contributed by atoms with Crippen molar-refractivity contribution < 1.29 is 24.2 Å². The highest BCUT2D eigenvalue weighted by Crippen LogP contribution is 2.40. The Hall–Kier alpha value is -3.29. The number of anilines is 1. The topological polar surface area (TPSA) is 101 Å². The van der Waals surface area contributed by atoms with Gasteiger partial charge >= 0.3 is 6.09 Å². The van der Waals surface area contributed by atoms with Crippen LogP contribution in [0.3, 0.4) is 0 Å². The van der Waals surface area contributed by atoms with Crippen LogP contribution in [-0.4, -0.2) is 44.7 Å². The Balaban J connectivity index is 1.87. The molecule has 1 aromatic heterocycles. The summed E-state index contributed by atoms with van der Waals surface area (Å²) < 4.78 is 12.1. The lowest BCUT2D eigenvalue weighted by Gasteiger charge is -2.47. The smallest absolute Gasteiger partial charge is 0.408 e. The summed E-state index contributed by atoms with van der Waals surface area (Å²) in [6, 6.07) is 7.44. The zero-order valence-corrected chi connectivity index (χ0v) is 21.1. The maximum absolute atomic E-state index is 12.2. The summed E-state index contributed by atoms with van der Waals surface area (Å²) in [6.07, 6.45) is 1.40. The molecule has 1 aliphatic heterocycles. The zero-order chi connectivity index (χ0) is 25.3. The molecule has 2 amide bonds. The van der Waals surface area contributed by atoms with Crippen molar-refractivity contribution in [3.63, 3.8) is 0 Å². The summed E-state index contributed by atoms with van der Waals surface area (Å²) in [6.45, 7) is 13.8. The maximum atomic E-state index is 12.2. The van der Waals surface area contributed by atoms with E-state index in [-0.39, 0.29) is 18.4 Å². The second-order valence-corrected chi connectivity index (χ2v) is 10.5. The van der Waals surface area contributed by atoms with Gasteiger partial charge in [-0.3, -0.25) is 9.69 Å². The molecule has 0 fully saturated rings. The second kappa shape index (κ2) is 9.52. The molecule has 8 heteroatoms. The lowest BCUT2D eigenvalue weighted by atomic mass is 9.86. The van der Waals surface area contributed by atoms with Crippen LogP contribution in [-0.2, 0) is 11.4 Å². The number of aromatic nitrogens is 1. The van der Waals surface area contributed by atoms with Crippen molar-refractivity contribution in [3.05, 3.63) is 36.0 Å². The average Bonchev–Trinajstić information content (AvgIpc) is 2.69. The summed E-state index contributed by atoms with van der Waals surface area (Å²) in [7, 11) is 0. The van der Waals surface area contributed by atoms with E-state index in [1.165, 1.54) is 11.8 Å². The molecule has 1 atom stereocenters. The fraction of sp³-hybridized carbons (Fsp3) is 0.500. The molecule has 0 saturated heterocycles. The zero-order valence-electron chi connectivity index (χ0n) is 21.1. The number of carboxylic acid groups (broad SMARTS) is 1. The van der Waals surface area contributed by atoms with Crippen molar-refractivity contribution in [2.24, 2.45) is 5.92 Å². The summed E-state index contributed by atoms with van der Waals surface area (Å²) in [5.74, 6) is 1.86. The number of hydrogen-bond acceptors (Lipinski definition) is 5. The van der Waals surface area contributed by atoms with Gasteiger partial charge in [0.05, 0.1) is 5.54 Å². The SMILES string of the molecule is CC(=O)Nc1cc2c(cn1)COc1cc(OCC(C)(CC(C)C)N(C(=O)O)C(C)(C)C)ccc1-2. The van der Waals surface area contributed by atoms with Gasteiger partial charge in [0.1, 0.15) is 30.5 Å². The highest BCUT2D eigenvalue weighted by Gasteiger charge is 2.43. The van der Waals surface area contributed by atoms with Gasteiger partial charge in [-0.15, -0.1) is 0 Å². The van der Waals surface area contributed by atoms with E-state index in [4.69, 9.17) is 9.47 Å². The minimum Gasteiger partial charge on any atom is -0.491 e. The van der Waals surface area contributed by atoms with Gasteiger partial charge < -0.3 is 19.9 Å². The molecule has 0 radical (unpaired) electrons. The Morgan fingerprint density at radius 3 is 2.50 bits per heavy atom. The Morgan fingerprint density at radius 1 is 1.21 bits per heavy atom. The molecule has 1 unspecified atom stereocenters. The van der Waals surface area contributed by atoms with Crippen LogP contribution in [0.25, 0.3) is 11.1 Å². The molecular formula is C26H35N3O5. The van der Waals surface area contributed by atoms with Gasteiger partial charge in [-0.2, -0.15) is 0 Å². The highest BCUT2D eigenvalue weighted by atomic mass is 16.5. The van der Waals surface area contributed by atoms with Crippen molar-refractivity contribution in [2.45, 2.75) is 72.6 Å². The first-order chi connectivity index (χ1) is 15.8. The standard InChI is InChI=1S/C26H35N3O5/c1-16(2)12-26(7,29(24(31)32)25(4,5)6)15-34-19-8-9-20-21-11-23(28-17(3)30)27-13-18(21)14-33-22(20)10-19/h8-11,13,16H,12,14-15H2,1-7H3,(H,31,32)(H,27,28,30). The van der Waals surface area contributed by atoms with Gasteiger partial charge in [-0.25, -0.2) is 9.78 Å². The monoisotopic (exact) mass is 469 g/mol. The van der Waals surface area contributed by atoms with E-state index >= 15 is 0 Å². The fourth-order valence-corrected chi connectivity index (χ4v) is 4.85. The van der Waals surface area contributed by atoms with E-state index in [2.05, 4.69) is 24.1 Å². The number of ether oxygens (including phenoxy) is 2. The molecule has 0 aliphatic carbocycles. The maximum Gasteiger partial charge on any atom is 0.408 e. The summed E-state index contributed by atoms with van der Waals surface area (Å²) in [5.41, 5.74) is 1.46. The average molecular weight is 470 g/mol. The van der Waals surface area contributed by atoms with Crippen molar-refractivity contribution in [1.82, 2.24) is 9.88 Å². The van der Waals surface area contributed by atoms with E-state index in [0.717, 1.165) is 16.7 Å². The van der Waals surface area contributed by atoms with Crippen LogP contribution in [0.1, 0.15) is 60.5 Å². The number of carbonyl (C=O) groups is 2. The predicted molar refractivity (Wildman–Crippen MR) is 131 cm³/mol. The molecular weight excluding hydrogens is 434 g/mol. The molecule has 184 valence electrons. The molecule has 2 heterocycles. The first kappa shape index (κ1) is 25.3. The van der Waals surface area contributed by atoms with Crippen LogP contribution in [0.2, 0.25) is 0 Å². The molecule has 0 spiro atoms. The van der Waals surface area contributed by atoms with Crippen molar-refractivity contribution in [2.75, 3.05) is 11.9 Å². The van der Waals surface area contributed by atoms with Gasteiger partial charge in [0.15, 0.2) is 0 Å². The molecule has 2 aromatic rings. The highest BCUT2D eigenvalue weighted by molar-refractivity contribution is 5.89. The first-order valence-electron chi connectivity index (χ1n) is 11.5. The number of amides is 2. The molecule has 8 nitrogen and oxygen atoms in total. The lowest BCUT2D eigenvalue weighted by Crippen LogP contribution is -2.61. The number of nitrogens with zero attached hydrogens (tertiary/aromatic N) is 2. The third-order valence-electron chi connectivity index (χ3n) is 5.72. The van der Waals surface area contributed by atoms with E-state index in [1.54, 1.807) is 6.20 Å². The van der Waals surface area contributed by atoms with Crippen LogP contribution >= 0.6 is 0 Å². The lowest BCUT2D eigenvalue weighted by molar-refractivity contribution is -0.114. The Labute approximate surface area is 201 Å². The number of nitrogens with one attached hydrogen (secondary N) is 1. The quantitative estimate of drug-likeness (QED) is 0.550. The van der Waals surface area contributed by atoms with Gasteiger partial charge in [-0.05, 0) is 63.8 Å². The molecule has 2 N–H and O–H groups in total. The normalized spacial score (nSPS) is 14.4. The number of hydrogen-bond donors (Lipinski definition) is 2. The van der Waals surface area contributed by atoms with Crippen LogP contribution < -0.4 is 14.8 Å². The van der Waals surface area contributed by atoms with E-state index in [0.29, 0.717) is 30.3 Å². The fourth-order valence-electron chi connectivity index (χ4n) is 4.85. The van der Waals surface area contributed by atoms with Crippen LogP contribution in [0.5, 0.6) is 11.5 Å². The molecule has 3 rings (SSSR count). The van der Waals surface area contributed by atoms with Crippen molar-refractivity contribution in [3.8, 4) is 22.6 Å². The van der Waals surface area contributed by atoms with Gasteiger partial charge in [-0.1, -0.05) is 13.8 Å². The van der Waals surface area contributed by atoms with E-state index in [1.807, 2.05) is 52.0 Å². The van der Waals surface area contributed by atoms with Crippen molar-refractivity contribution >= 4 is 17.8 Å². The van der Waals surface area contributed by atoms with Crippen LogP contribution in [0.15, 0.2) is 30.5 Å². The van der Waals surface area contributed by atoms with Gasteiger partial charge in [0, 0.05) is 35.9 Å². The van der Waals surface area contributed by atoms with Crippen LogP contribution in [0.4, 0.5) is 10.6 Å². The number of pyridine rings is 1. The Morgan fingerprint density at radius 2 is 1.91 bits per heavy atom. The summed E-state index contributed by atoms with van der Waals surface area (Å²) >= 11 is 0. The Kier molecular flexibility index (Phi) is 7.10.